The summed E-state index contributed by atoms with van der Waals surface area (Å²) in [6.07, 6.45) is 0. The van der Waals surface area contributed by atoms with Gasteiger partial charge in [0.25, 0.3) is 0 Å². The predicted octanol–water partition coefficient (Wildman–Crippen LogP) is 4.29. The van der Waals surface area contributed by atoms with Crippen molar-refractivity contribution in [2.45, 2.75) is 34.6 Å². The standard InChI is InChI=1S/C10H16.CH4O.2ClH.Zr/c1-6-7(2)9(4)10(5)8(6)3;1-2;;;/h6H,1-5H3;2H,1H3;2*1H;/q;;;;+2/p-2. The van der Waals surface area contributed by atoms with Gasteiger partial charge in [-0.15, -0.1) is 0 Å². The SMILES string of the molecule is CC1=C(C)C(C)C(C)=C1C.CO.[Cl][Zr][Cl]. The second-order valence-corrected chi connectivity index (χ2v) is 7.14. The monoisotopic (exact) mass is 328 g/mol. The molecular formula is C11H20Cl2OZr. The van der Waals surface area contributed by atoms with Gasteiger partial charge in [-0.05, 0) is 44.8 Å². The summed E-state index contributed by atoms with van der Waals surface area (Å²) in [5, 5.41) is 7.00. The summed E-state index contributed by atoms with van der Waals surface area (Å²) in [5.74, 6) is 0.694. The van der Waals surface area contributed by atoms with Gasteiger partial charge in [0, 0.05) is 7.11 Å². The second-order valence-electron chi connectivity index (χ2n) is 3.41. The van der Waals surface area contributed by atoms with Crippen molar-refractivity contribution in [3.05, 3.63) is 22.3 Å². The van der Waals surface area contributed by atoms with E-state index < -0.39 is 20.8 Å². The molecule has 0 amide bonds. The Morgan fingerprint density at radius 3 is 1.20 bits per heavy atom. The fraction of sp³-hybridized carbons (Fsp3) is 0.636. The number of rotatable bonds is 0. The van der Waals surface area contributed by atoms with E-state index >= 15 is 0 Å². The first-order valence-corrected chi connectivity index (χ1v) is 11.1. The van der Waals surface area contributed by atoms with Crippen LogP contribution in [-0.4, -0.2) is 12.2 Å². The van der Waals surface area contributed by atoms with E-state index in [0.717, 1.165) is 7.11 Å². The molecule has 0 unspecified atom stereocenters. The van der Waals surface area contributed by atoms with Crippen LogP contribution < -0.4 is 0 Å². The van der Waals surface area contributed by atoms with Crippen LogP contribution in [0, 0.1) is 5.92 Å². The van der Waals surface area contributed by atoms with E-state index in [1.54, 1.807) is 11.1 Å². The number of aliphatic hydroxyl groups excluding tert-OH is 1. The van der Waals surface area contributed by atoms with Crippen LogP contribution in [0.25, 0.3) is 0 Å². The molecule has 0 fully saturated rings. The molecule has 0 aromatic heterocycles. The van der Waals surface area contributed by atoms with Crippen molar-refractivity contribution < 1.29 is 26.0 Å². The third-order valence-corrected chi connectivity index (χ3v) is 3.04. The van der Waals surface area contributed by atoms with Gasteiger partial charge in [0.05, 0.1) is 0 Å². The zero-order chi connectivity index (χ0) is 12.6. The quantitative estimate of drug-likeness (QED) is 0.702. The summed E-state index contributed by atoms with van der Waals surface area (Å²) in [6.45, 7) is 11.2. The molecule has 0 heterocycles. The molecule has 0 aromatic rings. The van der Waals surface area contributed by atoms with Crippen molar-refractivity contribution in [3.8, 4) is 0 Å². The van der Waals surface area contributed by atoms with Crippen LogP contribution in [0.3, 0.4) is 0 Å². The Morgan fingerprint density at radius 1 is 0.933 bits per heavy atom. The molecular weight excluding hydrogens is 310 g/mol. The number of allylic oxidation sites excluding steroid dienone is 4. The molecule has 1 aliphatic carbocycles. The van der Waals surface area contributed by atoms with E-state index in [4.69, 9.17) is 22.1 Å². The zero-order valence-electron chi connectivity index (χ0n) is 10.3. The number of halogens is 2. The molecule has 0 aliphatic heterocycles. The van der Waals surface area contributed by atoms with Gasteiger partial charge >= 0.3 is 37.9 Å². The molecule has 0 atom stereocenters. The predicted molar refractivity (Wildman–Crippen MR) is 65.8 cm³/mol. The molecule has 0 radical (unpaired) electrons. The minimum absolute atomic E-state index is 0.694. The normalized spacial score (nSPS) is 15.5. The fourth-order valence-electron chi connectivity index (χ4n) is 1.57. The van der Waals surface area contributed by atoms with E-state index in [1.165, 1.54) is 11.1 Å². The molecule has 1 aliphatic rings. The van der Waals surface area contributed by atoms with Crippen LogP contribution in [0.4, 0.5) is 0 Å². The molecule has 1 N–H and O–H groups in total. The van der Waals surface area contributed by atoms with E-state index in [1.807, 2.05) is 0 Å². The van der Waals surface area contributed by atoms with Gasteiger partial charge in [0.15, 0.2) is 0 Å². The second kappa shape index (κ2) is 10.1. The Balaban J connectivity index is 0. The van der Waals surface area contributed by atoms with Crippen molar-refractivity contribution in [2.75, 3.05) is 7.11 Å². The first kappa shape index (κ1) is 18.3. The Kier molecular flexibility index (Phi) is 12.3. The zero-order valence-corrected chi connectivity index (χ0v) is 14.3. The molecule has 0 aromatic carbocycles. The summed E-state index contributed by atoms with van der Waals surface area (Å²) in [7, 11) is 10.9. The molecule has 4 heteroatoms. The van der Waals surface area contributed by atoms with E-state index in [0.29, 0.717) is 5.92 Å². The van der Waals surface area contributed by atoms with E-state index in [-0.39, 0.29) is 0 Å². The number of hydrogen-bond acceptors (Lipinski definition) is 1. The molecule has 88 valence electrons. The maximum atomic E-state index is 7.00. The van der Waals surface area contributed by atoms with Crippen LogP contribution in [0.5, 0.6) is 0 Å². The Labute approximate surface area is 112 Å². The summed E-state index contributed by atoms with van der Waals surface area (Å²) in [4.78, 5) is 0. The van der Waals surface area contributed by atoms with Gasteiger partial charge in [0.1, 0.15) is 0 Å². The van der Waals surface area contributed by atoms with Gasteiger partial charge in [-0.3, -0.25) is 0 Å². The maximum absolute atomic E-state index is 7.00. The molecule has 0 saturated carbocycles. The van der Waals surface area contributed by atoms with Crippen LogP contribution in [0.15, 0.2) is 22.3 Å². The first-order valence-electron chi connectivity index (χ1n) is 4.73. The molecule has 0 bridgehead atoms. The van der Waals surface area contributed by atoms with Crippen molar-refractivity contribution in [2.24, 2.45) is 5.92 Å². The fourth-order valence-corrected chi connectivity index (χ4v) is 1.57. The molecule has 0 spiro atoms. The first-order chi connectivity index (χ1) is 6.97. The van der Waals surface area contributed by atoms with Gasteiger partial charge in [0.2, 0.25) is 0 Å². The Bertz CT molecular complexity index is 223. The Morgan fingerprint density at radius 2 is 1.13 bits per heavy atom. The van der Waals surface area contributed by atoms with Crippen molar-refractivity contribution >= 4 is 17.0 Å². The van der Waals surface area contributed by atoms with E-state index in [2.05, 4.69) is 34.6 Å². The molecule has 1 nitrogen and oxygen atoms in total. The van der Waals surface area contributed by atoms with Crippen LogP contribution in [0.2, 0.25) is 0 Å². The van der Waals surface area contributed by atoms with Gasteiger partial charge in [-0.25, -0.2) is 0 Å². The minimum atomic E-state index is -0.826. The van der Waals surface area contributed by atoms with Crippen LogP contribution in [-0.2, 0) is 20.8 Å². The topological polar surface area (TPSA) is 20.2 Å². The van der Waals surface area contributed by atoms with Crippen molar-refractivity contribution in [1.82, 2.24) is 0 Å². The number of hydrogen-bond donors (Lipinski definition) is 1. The van der Waals surface area contributed by atoms with Gasteiger partial charge < -0.3 is 5.11 Å². The summed E-state index contributed by atoms with van der Waals surface area (Å²) >= 11 is -0.826. The summed E-state index contributed by atoms with van der Waals surface area (Å²) in [5.41, 5.74) is 6.11. The summed E-state index contributed by atoms with van der Waals surface area (Å²) in [6, 6.07) is 0. The van der Waals surface area contributed by atoms with Gasteiger partial charge in [-0.1, -0.05) is 18.1 Å². The number of aliphatic hydroxyl groups is 1. The van der Waals surface area contributed by atoms with E-state index in [9.17, 15) is 0 Å². The van der Waals surface area contributed by atoms with Gasteiger partial charge in [-0.2, -0.15) is 0 Å². The van der Waals surface area contributed by atoms with Crippen LogP contribution in [0.1, 0.15) is 34.6 Å². The third kappa shape index (κ3) is 5.68. The third-order valence-electron chi connectivity index (χ3n) is 3.04. The summed E-state index contributed by atoms with van der Waals surface area (Å²) < 4.78 is 0. The Hall–Kier alpha value is 0.903. The molecule has 1 rings (SSSR count). The van der Waals surface area contributed by atoms with Crippen molar-refractivity contribution in [3.63, 3.8) is 0 Å². The average Bonchev–Trinajstić information content (AvgIpc) is 2.41. The van der Waals surface area contributed by atoms with Crippen LogP contribution >= 0.6 is 17.0 Å². The molecule has 15 heavy (non-hydrogen) atoms. The average molecular weight is 330 g/mol. The molecule has 0 saturated heterocycles. The van der Waals surface area contributed by atoms with Crippen molar-refractivity contribution in [1.29, 1.82) is 0 Å².